The van der Waals surface area contributed by atoms with E-state index in [1.807, 2.05) is 0 Å². The van der Waals surface area contributed by atoms with Gasteiger partial charge in [-0.2, -0.15) is 0 Å². The van der Waals surface area contributed by atoms with E-state index in [0.717, 1.165) is 4.90 Å². The van der Waals surface area contributed by atoms with Crippen LogP contribution in [-0.2, 0) is 9.59 Å². The van der Waals surface area contributed by atoms with Gasteiger partial charge < -0.3 is 9.69 Å². The van der Waals surface area contributed by atoms with E-state index in [9.17, 15) is 9.59 Å². The van der Waals surface area contributed by atoms with Gasteiger partial charge in [-0.05, 0) is 0 Å². The van der Waals surface area contributed by atoms with E-state index in [0.29, 0.717) is 0 Å². The first-order valence-corrected chi connectivity index (χ1v) is 2.35. The van der Waals surface area contributed by atoms with E-state index in [-0.39, 0.29) is 47.8 Å². The molecule has 0 aromatic heterocycles. The molecule has 1 heterocycles. The third-order valence-electron chi connectivity index (χ3n) is 1.16. The molecule has 2 amide bonds. The Hall–Kier alpha value is 0.0100. The van der Waals surface area contributed by atoms with Crippen LogP contribution in [0.4, 0.5) is 0 Å². The molecule has 3 nitrogen and oxygen atoms in total. The number of likely N-dealkylation sites (tertiary alicyclic amines) is 1. The molecule has 9 heavy (non-hydrogen) atoms. The number of imide groups is 1. The van der Waals surface area contributed by atoms with Gasteiger partial charge in [0.05, 0.1) is 5.91 Å². The Morgan fingerprint density at radius 3 is 2.22 bits per heavy atom. The Morgan fingerprint density at radius 2 is 2.11 bits per heavy atom. The van der Waals surface area contributed by atoms with Crippen LogP contribution in [0.1, 0.15) is 6.42 Å². The number of carbonyl (C=O) groups excluding carboxylic acids is 2. The van der Waals surface area contributed by atoms with E-state index < -0.39 is 0 Å². The minimum Gasteiger partial charge on any atom is -0.313 e. The summed E-state index contributed by atoms with van der Waals surface area (Å²) in [7, 11) is 1.48. The third-order valence-corrected chi connectivity index (χ3v) is 1.16. The van der Waals surface area contributed by atoms with Crippen LogP contribution >= 0.6 is 0 Å². The Kier molecular flexibility index (Phi) is 3.25. The van der Waals surface area contributed by atoms with Crippen molar-refractivity contribution >= 4 is 11.8 Å². The Bertz CT molecular complexity index is 130. The quantitative estimate of drug-likeness (QED) is 0.197. The molecule has 1 saturated heterocycles. The monoisotopic (exact) mass is 135 g/mol. The van der Waals surface area contributed by atoms with Crippen LogP contribution in [0.25, 0.3) is 0 Å². The molecule has 0 N–H and O–H groups in total. The largest absolute Gasteiger partial charge is 1.00 e. The molecule has 0 bridgehead atoms. The number of nitrogens with zero attached hydrogens (tertiary/aromatic N) is 1. The Morgan fingerprint density at radius 1 is 1.56 bits per heavy atom. The van der Waals surface area contributed by atoms with Crippen molar-refractivity contribution in [1.29, 1.82) is 0 Å². The van der Waals surface area contributed by atoms with Crippen molar-refractivity contribution in [2.45, 2.75) is 6.42 Å². The first-order chi connectivity index (χ1) is 3.72. The van der Waals surface area contributed by atoms with Crippen molar-refractivity contribution in [3.05, 3.63) is 6.42 Å². The molecule has 0 atom stereocenters. The van der Waals surface area contributed by atoms with Crippen molar-refractivity contribution in [1.82, 2.24) is 4.90 Å². The van der Waals surface area contributed by atoms with Crippen LogP contribution in [0.5, 0.6) is 0 Å². The molecule has 1 fully saturated rings. The summed E-state index contributed by atoms with van der Waals surface area (Å²) < 4.78 is 0. The molecule has 1 aliphatic rings. The van der Waals surface area contributed by atoms with E-state index in [1.165, 1.54) is 13.5 Å². The van der Waals surface area contributed by atoms with Gasteiger partial charge >= 0.3 is 29.6 Å². The first kappa shape index (κ1) is 9.01. The average Bonchev–Trinajstić information content (AvgIpc) is 1.98. The van der Waals surface area contributed by atoms with Crippen LogP contribution in [0, 0.1) is 6.42 Å². The van der Waals surface area contributed by atoms with Gasteiger partial charge in [-0.25, -0.2) is 0 Å². The van der Waals surface area contributed by atoms with Gasteiger partial charge in [0, 0.05) is 7.05 Å². The van der Waals surface area contributed by atoms with Gasteiger partial charge in [-0.3, -0.25) is 11.2 Å². The van der Waals surface area contributed by atoms with Crippen LogP contribution in [0.3, 0.4) is 0 Å². The summed E-state index contributed by atoms with van der Waals surface area (Å²) in [5, 5.41) is 0. The van der Waals surface area contributed by atoms with E-state index >= 15 is 0 Å². The number of hydrogen-bond donors (Lipinski definition) is 0. The molecule has 0 saturated carbocycles. The second-order valence-corrected chi connectivity index (χ2v) is 1.70. The van der Waals surface area contributed by atoms with Gasteiger partial charge in [-0.1, -0.05) is 6.42 Å². The zero-order valence-corrected chi connectivity index (χ0v) is 7.55. The van der Waals surface area contributed by atoms with E-state index in [1.54, 1.807) is 0 Å². The molecule has 4 heteroatoms. The number of carbonyl (C=O) groups is 2. The molecule has 0 radical (unpaired) electrons. The summed E-state index contributed by atoms with van der Waals surface area (Å²) >= 11 is 0. The zero-order valence-electron chi connectivity index (χ0n) is 5.55. The summed E-state index contributed by atoms with van der Waals surface area (Å²) in [5.74, 6) is -0.301. The van der Waals surface area contributed by atoms with Gasteiger partial charge in [0.25, 0.3) is 0 Å². The second-order valence-electron chi connectivity index (χ2n) is 1.70. The zero-order chi connectivity index (χ0) is 6.15. The maximum absolute atomic E-state index is 10.5. The summed E-state index contributed by atoms with van der Waals surface area (Å²) in [4.78, 5) is 22.0. The van der Waals surface area contributed by atoms with Gasteiger partial charge in [-0.15, -0.1) is 0 Å². The maximum Gasteiger partial charge on any atom is 1.00 e. The van der Waals surface area contributed by atoms with Gasteiger partial charge in [0.15, 0.2) is 5.91 Å². The standard InChI is InChI=1S/C5H6NO2.Na/c1-6-4(7)2-3-5(6)8;/h2H,3H2,1H3;/q-1;+1. The number of hydrogen-bond acceptors (Lipinski definition) is 2. The summed E-state index contributed by atoms with van der Waals surface area (Å²) in [6.45, 7) is 0. The average molecular weight is 135 g/mol. The molecule has 44 valence electrons. The number of amides is 2. The fourth-order valence-electron chi connectivity index (χ4n) is 0.571. The smallest absolute Gasteiger partial charge is 0.313 e. The van der Waals surface area contributed by atoms with E-state index in [2.05, 4.69) is 0 Å². The molecule has 0 spiro atoms. The van der Waals surface area contributed by atoms with Crippen LogP contribution in [-0.4, -0.2) is 23.8 Å². The molecule has 0 aromatic carbocycles. The molecular weight excluding hydrogens is 129 g/mol. The normalized spacial score (nSPS) is 17.2. The van der Waals surface area contributed by atoms with Crippen molar-refractivity contribution in [2.24, 2.45) is 0 Å². The fourth-order valence-corrected chi connectivity index (χ4v) is 0.571. The van der Waals surface area contributed by atoms with Gasteiger partial charge in [0.2, 0.25) is 0 Å². The van der Waals surface area contributed by atoms with Crippen molar-refractivity contribution < 1.29 is 39.1 Å². The van der Waals surface area contributed by atoms with Gasteiger partial charge in [0.1, 0.15) is 0 Å². The second kappa shape index (κ2) is 3.25. The maximum atomic E-state index is 10.5. The van der Waals surface area contributed by atoms with Crippen LogP contribution < -0.4 is 29.6 Å². The first-order valence-electron chi connectivity index (χ1n) is 2.35. The Balaban J connectivity index is 0.000000640. The van der Waals surface area contributed by atoms with Crippen molar-refractivity contribution in [3.8, 4) is 0 Å². The minimum atomic E-state index is -0.185. The molecule has 0 aromatic rings. The predicted molar refractivity (Wildman–Crippen MR) is 26.7 cm³/mol. The predicted octanol–water partition coefficient (Wildman–Crippen LogP) is -3.42. The van der Waals surface area contributed by atoms with Crippen molar-refractivity contribution in [2.75, 3.05) is 7.05 Å². The molecule has 0 aliphatic carbocycles. The molecule has 0 unspecified atom stereocenters. The molecule has 1 aliphatic heterocycles. The SMILES string of the molecule is CN1C(=O)[CH-]CC1=O.[Na+]. The van der Waals surface area contributed by atoms with Crippen LogP contribution in [0.2, 0.25) is 0 Å². The summed E-state index contributed by atoms with van der Waals surface area (Å²) in [5.41, 5.74) is 0. The number of rotatable bonds is 0. The molecule has 1 rings (SSSR count). The topological polar surface area (TPSA) is 37.4 Å². The van der Waals surface area contributed by atoms with Crippen molar-refractivity contribution in [3.63, 3.8) is 0 Å². The summed E-state index contributed by atoms with van der Waals surface area (Å²) in [6.07, 6.45) is 1.65. The fraction of sp³-hybridized carbons (Fsp3) is 0.400. The van der Waals surface area contributed by atoms with Crippen LogP contribution in [0.15, 0.2) is 0 Å². The Labute approximate surface area is 75.7 Å². The third kappa shape index (κ3) is 1.71. The summed E-state index contributed by atoms with van der Waals surface area (Å²) in [6, 6.07) is 0. The minimum absolute atomic E-state index is 0. The van der Waals surface area contributed by atoms with E-state index in [4.69, 9.17) is 0 Å². The molecular formula is C5H6NNaO2.